The monoisotopic (exact) mass is 292 g/mol. The quantitative estimate of drug-likeness (QED) is 0.222. The average Bonchev–Trinajstić information content (AvgIpc) is 2.45. The molecule has 1 aromatic carbocycles. The molecule has 0 radical (unpaired) electrons. The fourth-order valence-corrected chi connectivity index (χ4v) is 1.64. The van der Waals surface area contributed by atoms with E-state index in [1.54, 1.807) is 6.21 Å². The number of nitrogens with two attached hydrogens (primary N) is 1. The van der Waals surface area contributed by atoms with Crippen molar-refractivity contribution in [3.8, 4) is 0 Å². The third-order valence-electron chi connectivity index (χ3n) is 2.72. The van der Waals surface area contributed by atoms with Crippen LogP contribution in [0.25, 0.3) is 0 Å². The first kappa shape index (κ1) is 16.6. The zero-order valence-corrected chi connectivity index (χ0v) is 11.7. The van der Waals surface area contributed by atoms with Crippen LogP contribution in [0.1, 0.15) is 24.0 Å². The number of nitrogens with zero attached hydrogens (tertiary/aromatic N) is 1. The van der Waals surface area contributed by atoms with E-state index in [1.807, 2.05) is 24.3 Å². The molecule has 5 N–H and O–H groups in total. The average molecular weight is 292 g/mol. The van der Waals surface area contributed by atoms with Gasteiger partial charge in [0, 0.05) is 26.1 Å². The maximum Gasteiger partial charge on any atom is 0.305 e. The topological polar surface area (TPSA) is 117 Å². The molecular weight excluding hydrogens is 272 g/mol. The fraction of sp³-hybridized carbons (Fsp3) is 0.357. The predicted molar refractivity (Wildman–Crippen MR) is 79.8 cm³/mol. The molecular formula is C14H20N4O3. The first-order valence-corrected chi connectivity index (χ1v) is 6.63. The molecule has 1 aromatic rings. The molecule has 0 aliphatic rings. The molecule has 0 saturated heterocycles. The molecule has 0 aliphatic heterocycles. The van der Waals surface area contributed by atoms with E-state index in [0.717, 1.165) is 11.1 Å². The van der Waals surface area contributed by atoms with Gasteiger partial charge in [-0.1, -0.05) is 24.3 Å². The minimum atomic E-state index is -0.920. The number of rotatable bonds is 9. The summed E-state index contributed by atoms with van der Waals surface area (Å²) in [5.41, 5.74) is 2.02. The summed E-state index contributed by atoms with van der Waals surface area (Å²) in [6.45, 7) is 1.35. The Bertz CT molecular complexity index is 485. The van der Waals surface area contributed by atoms with Gasteiger partial charge in [-0.15, -0.1) is 0 Å². The lowest BCUT2D eigenvalue weighted by Crippen LogP contribution is -2.29. The number of carbonyl (C=O) groups is 2. The number of aliphatic carboxylic acids is 1. The van der Waals surface area contributed by atoms with Crippen LogP contribution in [0, 0.1) is 0 Å². The number of hydrazone groups is 1. The summed E-state index contributed by atoms with van der Waals surface area (Å²) in [7, 11) is 0. The normalized spacial score (nSPS) is 10.7. The highest BCUT2D eigenvalue weighted by Crippen LogP contribution is 2.02. The number of nitrogens with one attached hydrogen (secondary N) is 2. The molecule has 0 aliphatic carbocycles. The first-order chi connectivity index (χ1) is 10.1. The van der Waals surface area contributed by atoms with Crippen molar-refractivity contribution in [3.05, 3.63) is 35.4 Å². The van der Waals surface area contributed by atoms with Crippen molar-refractivity contribution in [2.24, 2.45) is 10.9 Å². The molecule has 0 unspecified atom stereocenters. The lowest BCUT2D eigenvalue weighted by molar-refractivity contribution is -0.136. The molecule has 21 heavy (non-hydrogen) atoms. The van der Waals surface area contributed by atoms with Crippen molar-refractivity contribution < 1.29 is 14.7 Å². The fourth-order valence-electron chi connectivity index (χ4n) is 1.64. The van der Waals surface area contributed by atoms with Crippen LogP contribution in [0.2, 0.25) is 0 Å². The van der Waals surface area contributed by atoms with Gasteiger partial charge < -0.3 is 21.6 Å². The van der Waals surface area contributed by atoms with E-state index in [0.29, 0.717) is 19.5 Å². The summed E-state index contributed by atoms with van der Waals surface area (Å²) in [6.07, 6.45) is 1.83. The lowest BCUT2D eigenvalue weighted by Gasteiger charge is -2.06. The molecule has 0 fully saturated rings. The molecule has 1 rings (SSSR count). The van der Waals surface area contributed by atoms with Gasteiger partial charge in [0.05, 0.1) is 12.6 Å². The van der Waals surface area contributed by atoms with Gasteiger partial charge in [0.1, 0.15) is 0 Å². The molecule has 0 bridgehead atoms. The minimum Gasteiger partial charge on any atom is -0.481 e. The summed E-state index contributed by atoms with van der Waals surface area (Å²) >= 11 is 0. The van der Waals surface area contributed by atoms with Crippen molar-refractivity contribution in [1.29, 1.82) is 0 Å². The van der Waals surface area contributed by atoms with Crippen LogP contribution >= 0.6 is 0 Å². The molecule has 1 amide bonds. The highest BCUT2D eigenvalue weighted by atomic mass is 16.4. The van der Waals surface area contributed by atoms with Gasteiger partial charge in [-0.25, -0.2) is 0 Å². The van der Waals surface area contributed by atoms with Crippen molar-refractivity contribution in [2.45, 2.75) is 19.4 Å². The SMILES string of the molecule is NN=Cc1ccc(CNCCC(=O)NCCC(=O)O)cc1. The summed E-state index contributed by atoms with van der Waals surface area (Å²) < 4.78 is 0. The Morgan fingerprint density at radius 1 is 1.19 bits per heavy atom. The molecule has 0 atom stereocenters. The van der Waals surface area contributed by atoms with E-state index in [1.165, 1.54) is 0 Å². The Balaban J connectivity index is 2.15. The van der Waals surface area contributed by atoms with Crippen LogP contribution in [-0.4, -0.2) is 36.3 Å². The van der Waals surface area contributed by atoms with Crippen LogP contribution in [0.15, 0.2) is 29.4 Å². The third-order valence-corrected chi connectivity index (χ3v) is 2.72. The molecule has 0 heterocycles. The Morgan fingerprint density at radius 2 is 1.90 bits per heavy atom. The maximum absolute atomic E-state index is 11.4. The second-order valence-electron chi connectivity index (χ2n) is 4.44. The Labute approximate surface area is 123 Å². The van der Waals surface area contributed by atoms with E-state index in [9.17, 15) is 9.59 Å². The van der Waals surface area contributed by atoms with Crippen LogP contribution in [0.3, 0.4) is 0 Å². The number of amides is 1. The van der Waals surface area contributed by atoms with Crippen LogP contribution < -0.4 is 16.5 Å². The number of carboxylic acid groups (broad SMARTS) is 1. The van der Waals surface area contributed by atoms with E-state index in [-0.39, 0.29) is 18.9 Å². The third kappa shape index (κ3) is 7.68. The summed E-state index contributed by atoms with van der Waals surface area (Å²) in [6, 6.07) is 7.73. The minimum absolute atomic E-state index is 0.0579. The van der Waals surface area contributed by atoms with Gasteiger partial charge >= 0.3 is 5.97 Å². The van der Waals surface area contributed by atoms with E-state index < -0.39 is 5.97 Å². The van der Waals surface area contributed by atoms with Crippen molar-refractivity contribution in [3.63, 3.8) is 0 Å². The molecule has 114 valence electrons. The standard InChI is InChI=1S/C14H20N4O3/c15-18-10-12-3-1-11(2-4-12)9-16-7-5-13(19)17-8-6-14(20)21/h1-4,10,16H,5-9,15H2,(H,17,19)(H,20,21). The number of carboxylic acids is 1. The summed E-state index contributed by atoms with van der Waals surface area (Å²) in [5.74, 6) is 3.99. The Hall–Kier alpha value is -2.41. The van der Waals surface area contributed by atoms with Crippen molar-refractivity contribution in [1.82, 2.24) is 10.6 Å². The van der Waals surface area contributed by atoms with Gasteiger partial charge in [0.25, 0.3) is 0 Å². The number of hydrogen-bond acceptors (Lipinski definition) is 5. The predicted octanol–water partition coefficient (Wildman–Crippen LogP) is 0.0498. The largest absolute Gasteiger partial charge is 0.481 e. The van der Waals surface area contributed by atoms with Gasteiger partial charge in [-0.05, 0) is 11.1 Å². The van der Waals surface area contributed by atoms with Gasteiger partial charge in [0.2, 0.25) is 5.91 Å². The smallest absolute Gasteiger partial charge is 0.305 e. The highest BCUT2D eigenvalue weighted by Gasteiger charge is 2.02. The van der Waals surface area contributed by atoms with Gasteiger partial charge in [-0.2, -0.15) is 5.10 Å². The van der Waals surface area contributed by atoms with E-state index in [4.69, 9.17) is 10.9 Å². The Kier molecular flexibility index (Phi) is 7.52. The van der Waals surface area contributed by atoms with Crippen LogP contribution in [0.4, 0.5) is 0 Å². The van der Waals surface area contributed by atoms with Gasteiger partial charge in [-0.3, -0.25) is 9.59 Å². The molecule has 0 spiro atoms. The number of hydrogen-bond donors (Lipinski definition) is 4. The lowest BCUT2D eigenvalue weighted by atomic mass is 10.1. The molecule has 0 aromatic heterocycles. The number of carbonyl (C=O) groups excluding carboxylic acids is 1. The van der Waals surface area contributed by atoms with Crippen molar-refractivity contribution >= 4 is 18.1 Å². The zero-order chi connectivity index (χ0) is 15.5. The second kappa shape index (κ2) is 9.49. The number of benzene rings is 1. The van der Waals surface area contributed by atoms with E-state index >= 15 is 0 Å². The summed E-state index contributed by atoms with van der Waals surface area (Å²) in [4.78, 5) is 21.7. The molecule has 7 nitrogen and oxygen atoms in total. The Morgan fingerprint density at radius 3 is 2.52 bits per heavy atom. The molecule has 7 heteroatoms. The second-order valence-corrected chi connectivity index (χ2v) is 4.44. The first-order valence-electron chi connectivity index (χ1n) is 6.63. The molecule has 0 saturated carbocycles. The maximum atomic E-state index is 11.4. The van der Waals surface area contributed by atoms with Crippen molar-refractivity contribution in [2.75, 3.05) is 13.1 Å². The zero-order valence-electron chi connectivity index (χ0n) is 11.7. The van der Waals surface area contributed by atoms with Gasteiger partial charge in [0.15, 0.2) is 0 Å². The van der Waals surface area contributed by atoms with Crippen LogP contribution in [0.5, 0.6) is 0 Å². The van der Waals surface area contributed by atoms with Crippen LogP contribution in [-0.2, 0) is 16.1 Å². The van der Waals surface area contributed by atoms with E-state index in [2.05, 4.69) is 15.7 Å². The summed E-state index contributed by atoms with van der Waals surface area (Å²) in [5, 5.41) is 17.6. The highest BCUT2D eigenvalue weighted by molar-refractivity contribution is 5.79.